The van der Waals surface area contributed by atoms with E-state index in [0.29, 0.717) is 10.6 Å². The second-order valence-corrected chi connectivity index (χ2v) is 5.70. The summed E-state index contributed by atoms with van der Waals surface area (Å²) in [6.07, 6.45) is 4.13. The zero-order chi connectivity index (χ0) is 13.8. The van der Waals surface area contributed by atoms with Gasteiger partial charge in [0.1, 0.15) is 0 Å². The molecule has 1 aliphatic carbocycles. The Labute approximate surface area is 119 Å². The molecule has 1 amide bonds. The van der Waals surface area contributed by atoms with Crippen molar-refractivity contribution in [1.29, 1.82) is 0 Å². The highest BCUT2D eigenvalue weighted by atomic mass is 35.5. The molecule has 3 nitrogen and oxygen atoms in total. The van der Waals surface area contributed by atoms with Gasteiger partial charge in [-0.05, 0) is 37.5 Å². The number of hydrogen-bond donors (Lipinski definition) is 2. The highest BCUT2D eigenvalue weighted by molar-refractivity contribution is 6.33. The van der Waals surface area contributed by atoms with Crippen LogP contribution in [0.5, 0.6) is 0 Å². The predicted octanol–water partition coefficient (Wildman–Crippen LogP) is 2.93. The molecule has 1 aromatic rings. The Kier molecular flexibility index (Phi) is 4.83. The van der Waals surface area contributed by atoms with Crippen molar-refractivity contribution in [2.24, 2.45) is 5.92 Å². The number of nitrogens with one attached hydrogen (secondary N) is 1. The first-order valence-electron chi connectivity index (χ1n) is 6.79. The van der Waals surface area contributed by atoms with Crippen molar-refractivity contribution in [3.05, 3.63) is 34.3 Å². The zero-order valence-corrected chi connectivity index (χ0v) is 11.9. The van der Waals surface area contributed by atoms with Gasteiger partial charge in [0.05, 0.1) is 10.6 Å². The summed E-state index contributed by atoms with van der Waals surface area (Å²) in [5, 5.41) is 12.9. The van der Waals surface area contributed by atoms with Crippen molar-refractivity contribution in [3.8, 4) is 0 Å². The van der Waals surface area contributed by atoms with E-state index in [1.165, 1.54) is 0 Å². The van der Waals surface area contributed by atoms with E-state index in [4.69, 9.17) is 11.6 Å². The van der Waals surface area contributed by atoms with Crippen LogP contribution in [-0.4, -0.2) is 23.7 Å². The third kappa shape index (κ3) is 3.48. The van der Waals surface area contributed by atoms with E-state index < -0.39 is 0 Å². The van der Waals surface area contributed by atoms with Crippen molar-refractivity contribution >= 4 is 17.5 Å². The van der Waals surface area contributed by atoms with E-state index in [1.807, 2.05) is 13.0 Å². The molecule has 0 aliphatic heterocycles. The minimum absolute atomic E-state index is 0.0589. The SMILES string of the molecule is Cc1ccc(C(=O)NC2CCCCC2CO)c(Cl)c1. The van der Waals surface area contributed by atoms with Crippen molar-refractivity contribution in [2.45, 2.75) is 38.6 Å². The third-order valence-corrected chi connectivity index (χ3v) is 4.14. The van der Waals surface area contributed by atoms with Gasteiger partial charge < -0.3 is 10.4 Å². The molecule has 0 spiro atoms. The number of hydrogen-bond acceptors (Lipinski definition) is 2. The van der Waals surface area contributed by atoms with Crippen molar-refractivity contribution in [2.75, 3.05) is 6.61 Å². The van der Waals surface area contributed by atoms with Crippen LogP contribution in [0.4, 0.5) is 0 Å². The second-order valence-electron chi connectivity index (χ2n) is 5.29. The number of benzene rings is 1. The molecule has 0 radical (unpaired) electrons. The van der Waals surface area contributed by atoms with Crippen LogP contribution in [0, 0.1) is 12.8 Å². The fraction of sp³-hybridized carbons (Fsp3) is 0.533. The number of aliphatic hydroxyl groups is 1. The van der Waals surface area contributed by atoms with Crippen LogP contribution in [0.2, 0.25) is 5.02 Å². The maximum atomic E-state index is 12.2. The highest BCUT2D eigenvalue weighted by Gasteiger charge is 2.26. The van der Waals surface area contributed by atoms with Gasteiger partial charge in [-0.15, -0.1) is 0 Å². The number of aliphatic hydroxyl groups excluding tert-OH is 1. The Morgan fingerprint density at radius 2 is 2.16 bits per heavy atom. The molecule has 2 unspecified atom stereocenters. The van der Waals surface area contributed by atoms with E-state index in [0.717, 1.165) is 31.2 Å². The smallest absolute Gasteiger partial charge is 0.253 e. The first kappa shape index (κ1) is 14.4. The summed E-state index contributed by atoms with van der Waals surface area (Å²) in [5.74, 6) is 0.0253. The Balaban J connectivity index is 2.07. The van der Waals surface area contributed by atoms with Gasteiger partial charge in [-0.1, -0.05) is 30.5 Å². The van der Waals surface area contributed by atoms with Crippen molar-refractivity contribution in [1.82, 2.24) is 5.32 Å². The normalized spacial score (nSPS) is 23.1. The van der Waals surface area contributed by atoms with Crippen molar-refractivity contribution in [3.63, 3.8) is 0 Å². The summed E-state index contributed by atoms with van der Waals surface area (Å²) in [5.41, 5.74) is 1.54. The van der Waals surface area contributed by atoms with Crippen LogP contribution in [0.25, 0.3) is 0 Å². The standard InChI is InChI=1S/C15H20ClNO2/c1-10-6-7-12(13(16)8-10)15(19)17-14-5-3-2-4-11(14)9-18/h6-8,11,14,18H,2-5,9H2,1H3,(H,17,19). The number of amides is 1. The molecule has 1 fully saturated rings. The molecule has 2 rings (SSSR count). The van der Waals surface area contributed by atoms with Gasteiger partial charge in [0.15, 0.2) is 0 Å². The molecule has 1 aromatic carbocycles. The predicted molar refractivity (Wildman–Crippen MR) is 76.5 cm³/mol. The lowest BCUT2D eigenvalue weighted by molar-refractivity contribution is 0.0873. The zero-order valence-electron chi connectivity index (χ0n) is 11.2. The van der Waals surface area contributed by atoms with E-state index >= 15 is 0 Å². The summed E-state index contributed by atoms with van der Waals surface area (Å²) in [6, 6.07) is 5.49. The second kappa shape index (κ2) is 6.40. The van der Waals surface area contributed by atoms with Gasteiger partial charge in [0, 0.05) is 18.6 Å². The molecule has 4 heteroatoms. The summed E-state index contributed by atoms with van der Waals surface area (Å²) in [6.45, 7) is 2.07. The maximum Gasteiger partial charge on any atom is 0.253 e. The molecule has 0 bridgehead atoms. The monoisotopic (exact) mass is 281 g/mol. The molecule has 0 saturated heterocycles. The first-order chi connectivity index (χ1) is 9.11. The molecule has 1 saturated carbocycles. The largest absolute Gasteiger partial charge is 0.396 e. The number of carbonyl (C=O) groups is 1. The Morgan fingerprint density at radius 1 is 1.42 bits per heavy atom. The molecule has 2 N–H and O–H groups in total. The fourth-order valence-electron chi connectivity index (χ4n) is 2.67. The average Bonchev–Trinajstić information content (AvgIpc) is 2.39. The van der Waals surface area contributed by atoms with E-state index in [-0.39, 0.29) is 24.5 Å². The lowest BCUT2D eigenvalue weighted by atomic mass is 9.85. The molecule has 104 valence electrons. The summed E-state index contributed by atoms with van der Waals surface area (Å²) < 4.78 is 0. The molecule has 19 heavy (non-hydrogen) atoms. The number of carbonyl (C=O) groups excluding carboxylic acids is 1. The van der Waals surface area contributed by atoms with Crippen LogP contribution in [0.3, 0.4) is 0 Å². The average molecular weight is 282 g/mol. The van der Waals surface area contributed by atoms with Crippen molar-refractivity contribution < 1.29 is 9.90 Å². The Hall–Kier alpha value is -1.06. The topological polar surface area (TPSA) is 49.3 Å². The van der Waals surface area contributed by atoms with Crippen LogP contribution in [0.15, 0.2) is 18.2 Å². The molecule has 2 atom stereocenters. The van der Waals surface area contributed by atoms with Gasteiger partial charge in [0.25, 0.3) is 5.91 Å². The minimum atomic E-state index is -0.143. The molecule has 1 aliphatic rings. The van der Waals surface area contributed by atoms with Gasteiger partial charge >= 0.3 is 0 Å². The van der Waals surface area contributed by atoms with E-state index in [1.54, 1.807) is 12.1 Å². The molecular formula is C15H20ClNO2. The number of aryl methyl sites for hydroxylation is 1. The third-order valence-electron chi connectivity index (χ3n) is 3.83. The van der Waals surface area contributed by atoms with Gasteiger partial charge in [-0.25, -0.2) is 0 Å². The molecular weight excluding hydrogens is 262 g/mol. The lowest BCUT2D eigenvalue weighted by Gasteiger charge is -2.31. The van der Waals surface area contributed by atoms with Crippen LogP contribution in [0.1, 0.15) is 41.6 Å². The highest BCUT2D eigenvalue weighted by Crippen LogP contribution is 2.25. The number of rotatable bonds is 3. The summed E-state index contributed by atoms with van der Waals surface area (Å²) in [4.78, 5) is 12.2. The number of halogens is 1. The van der Waals surface area contributed by atoms with E-state index in [2.05, 4.69) is 5.32 Å². The van der Waals surface area contributed by atoms with Gasteiger partial charge in [-0.2, -0.15) is 0 Å². The summed E-state index contributed by atoms with van der Waals surface area (Å²) >= 11 is 6.10. The van der Waals surface area contributed by atoms with Crippen LogP contribution in [-0.2, 0) is 0 Å². The molecule has 0 aromatic heterocycles. The van der Waals surface area contributed by atoms with Crippen LogP contribution >= 0.6 is 11.6 Å². The summed E-state index contributed by atoms with van der Waals surface area (Å²) in [7, 11) is 0. The van der Waals surface area contributed by atoms with Crippen LogP contribution < -0.4 is 5.32 Å². The maximum absolute atomic E-state index is 12.2. The first-order valence-corrected chi connectivity index (χ1v) is 7.17. The van der Waals surface area contributed by atoms with E-state index in [9.17, 15) is 9.90 Å². The van der Waals surface area contributed by atoms with Gasteiger partial charge in [0.2, 0.25) is 0 Å². The fourth-order valence-corrected chi connectivity index (χ4v) is 2.99. The Bertz CT molecular complexity index is 461. The molecule has 0 heterocycles. The quantitative estimate of drug-likeness (QED) is 0.895. The Morgan fingerprint density at radius 3 is 2.84 bits per heavy atom. The minimum Gasteiger partial charge on any atom is -0.396 e. The lowest BCUT2D eigenvalue weighted by Crippen LogP contribution is -2.43. The van der Waals surface area contributed by atoms with Gasteiger partial charge in [-0.3, -0.25) is 4.79 Å².